The molecule has 0 aliphatic rings. The normalized spacial score (nSPS) is 11.1. The molecule has 10 heteroatoms. The largest absolute Gasteiger partial charge is 0.332 e. The van der Waals surface area contributed by atoms with Crippen LogP contribution in [0.3, 0.4) is 0 Å². The number of hydrogen-bond donors (Lipinski definition) is 0. The molecule has 4 rings (SSSR count). The van der Waals surface area contributed by atoms with E-state index in [4.69, 9.17) is 4.98 Å². The highest BCUT2D eigenvalue weighted by atomic mass is 127. The Labute approximate surface area is 209 Å². The van der Waals surface area contributed by atoms with Crippen LogP contribution < -0.4 is 11.2 Å². The zero-order valence-corrected chi connectivity index (χ0v) is 21.3. The Morgan fingerprint density at radius 1 is 1.06 bits per heavy atom. The van der Waals surface area contributed by atoms with E-state index in [1.165, 1.54) is 16.7 Å². The summed E-state index contributed by atoms with van der Waals surface area (Å²) in [5.74, 6) is 6.29. The Kier molecular flexibility index (Phi) is 7.02. The number of nitrogens with zero attached hydrogens (tertiary/aromatic N) is 6. The second-order valence-electron chi connectivity index (χ2n) is 7.90. The van der Waals surface area contributed by atoms with Gasteiger partial charge in [0.15, 0.2) is 11.2 Å². The molecule has 0 spiro atoms. The van der Waals surface area contributed by atoms with Gasteiger partial charge < -0.3 is 4.57 Å². The van der Waals surface area contributed by atoms with E-state index in [1.807, 2.05) is 20.0 Å². The lowest BCUT2D eigenvalue weighted by atomic mass is 10.2. The summed E-state index contributed by atoms with van der Waals surface area (Å²) < 4.78 is 20.1. The standard InChI is InChI=1S/C24H24FIN6O2/c1-4-12-31-22-19(23(33)32(13-5-2)24(31)34)29(3)21(27-22)18-15-30(28-20(18)26)14-6-7-16-8-10-17(25)11-9-16/h8-11,15H,4-5,12-14H2,1-3H3. The maximum Gasteiger partial charge on any atom is 0.332 e. The highest BCUT2D eigenvalue weighted by Crippen LogP contribution is 2.25. The molecular formula is C24H24FIN6O2. The maximum absolute atomic E-state index is 13.2. The van der Waals surface area contributed by atoms with E-state index in [-0.39, 0.29) is 17.1 Å². The van der Waals surface area contributed by atoms with Crippen LogP contribution in [0.25, 0.3) is 22.6 Å². The predicted molar refractivity (Wildman–Crippen MR) is 137 cm³/mol. The van der Waals surface area contributed by atoms with E-state index in [1.54, 1.807) is 33.0 Å². The molecule has 0 saturated heterocycles. The molecule has 8 nitrogen and oxygen atoms in total. The predicted octanol–water partition coefficient (Wildman–Crippen LogP) is 3.38. The van der Waals surface area contributed by atoms with Crippen molar-refractivity contribution in [2.45, 2.75) is 46.3 Å². The smallest absolute Gasteiger partial charge is 0.321 e. The molecule has 0 atom stereocenters. The van der Waals surface area contributed by atoms with Crippen molar-refractivity contribution in [3.63, 3.8) is 0 Å². The van der Waals surface area contributed by atoms with Crippen molar-refractivity contribution in [1.82, 2.24) is 28.5 Å². The van der Waals surface area contributed by atoms with Gasteiger partial charge in [-0.3, -0.25) is 18.6 Å². The summed E-state index contributed by atoms with van der Waals surface area (Å²) in [6.07, 6.45) is 3.25. The number of benzene rings is 1. The van der Waals surface area contributed by atoms with Crippen LogP contribution in [0.1, 0.15) is 32.3 Å². The Morgan fingerprint density at radius 3 is 2.41 bits per heavy atom. The molecular weight excluding hydrogens is 550 g/mol. The monoisotopic (exact) mass is 574 g/mol. The molecule has 176 valence electrons. The third-order valence-corrected chi connectivity index (χ3v) is 6.21. The molecule has 3 heterocycles. The topological polar surface area (TPSA) is 79.6 Å². The van der Waals surface area contributed by atoms with Crippen molar-refractivity contribution < 1.29 is 4.39 Å². The van der Waals surface area contributed by atoms with Gasteiger partial charge in [-0.25, -0.2) is 14.2 Å². The summed E-state index contributed by atoms with van der Waals surface area (Å²) in [5, 5.41) is 4.52. The number of rotatable bonds is 6. The first-order valence-electron chi connectivity index (χ1n) is 11.0. The molecule has 3 aromatic heterocycles. The molecule has 1 aromatic carbocycles. The van der Waals surface area contributed by atoms with Gasteiger partial charge in [0, 0.05) is 31.9 Å². The van der Waals surface area contributed by atoms with E-state index in [9.17, 15) is 14.0 Å². The van der Waals surface area contributed by atoms with E-state index in [0.717, 1.165) is 17.5 Å². The Hall–Kier alpha value is -3.20. The summed E-state index contributed by atoms with van der Waals surface area (Å²) in [7, 11) is 1.78. The molecule has 0 aliphatic carbocycles. The third-order valence-electron chi connectivity index (χ3n) is 5.41. The molecule has 0 radical (unpaired) electrons. The number of fused-ring (bicyclic) bond motifs is 1. The number of imidazole rings is 1. The fourth-order valence-corrected chi connectivity index (χ4v) is 4.49. The van der Waals surface area contributed by atoms with Gasteiger partial charge in [0.2, 0.25) is 0 Å². The van der Waals surface area contributed by atoms with Crippen molar-refractivity contribution in [3.05, 3.63) is 66.4 Å². The quantitative estimate of drug-likeness (QED) is 0.262. The van der Waals surface area contributed by atoms with Gasteiger partial charge in [0.05, 0.1) is 5.56 Å². The van der Waals surface area contributed by atoms with Crippen LogP contribution >= 0.6 is 22.6 Å². The molecule has 0 amide bonds. The van der Waals surface area contributed by atoms with Crippen LogP contribution in [-0.4, -0.2) is 28.5 Å². The zero-order chi connectivity index (χ0) is 24.4. The highest BCUT2D eigenvalue weighted by Gasteiger charge is 2.22. The summed E-state index contributed by atoms with van der Waals surface area (Å²) in [4.78, 5) is 30.9. The fraction of sp³-hybridized carbons (Fsp3) is 0.333. The van der Waals surface area contributed by atoms with E-state index in [0.29, 0.717) is 46.7 Å². The average Bonchev–Trinajstić information content (AvgIpc) is 3.34. The summed E-state index contributed by atoms with van der Waals surface area (Å²) in [5.41, 5.74) is 1.60. The van der Waals surface area contributed by atoms with Gasteiger partial charge in [-0.05, 0) is 59.7 Å². The van der Waals surface area contributed by atoms with Crippen LogP contribution in [0.15, 0.2) is 40.1 Å². The average molecular weight is 574 g/mol. The second-order valence-corrected chi connectivity index (χ2v) is 8.92. The van der Waals surface area contributed by atoms with E-state index in [2.05, 4.69) is 39.5 Å². The van der Waals surface area contributed by atoms with Crippen LogP contribution in [0.2, 0.25) is 0 Å². The van der Waals surface area contributed by atoms with Gasteiger partial charge in [0.25, 0.3) is 5.56 Å². The third kappa shape index (κ3) is 4.44. The summed E-state index contributed by atoms with van der Waals surface area (Å²) in [6, 6.07) is 6.00. The minimum absolute atomic E-state index is 0.301. The second kappa shape index (κ2) is 9.97. The Bertz CT molecular complexity index is 1530. The molecule has 0 fully saturated rings. The minimum atomic E-state index is -0.331. The first-order valence-corrected chi connectivity index (χ1v) is 12.1. The van der Waals surface area contributed by atoms with Crippen molar-refractivity contribution in [3.8, 4) is 23.2 Å². The van der Waals surface area contributed by atoms with E-state index < -0.39 is 0 Å². The lowest BCUT2D eigenvalue weighted by molar-refractivity contribution is 0.554. The van der Waals surface area contributed by atoms with E-state index >= 15 is 0 Å². The van der Waals surface area contributed by atoms with Gasteiger partial charge in [-0.15, -0.1) is 0 Å². The lowest BCUT2D eigenvalue weighted by Crippen LogP contribution is -2.40. The summed E-state index contributed by atoms with van der Waals surface area (Å²) >= 11 is 2.13. The van der Waals surface area contributed by atoms with Crippen molar-refractivity contribution in [2.24, 2.45) is 7.05 Å². The molecule has 0 bridgehead atoms. The van der Waals surface area contributed by atoms with Gasteiger partial charge in [0.1, 0.15) is 21.9 Å². The number of aryl methyl sites for hydroxylation is 2. The van der Waals surface area contributed by atoms with Crippen LogP contribution in [0.5, 0.6) is 0 Å². The minimum Gasteiger partial charge on any atom is -0.321 e. The van der Waals surface area contributed by atoms with Crippen LogP contribution in [0, 0.1) is 21.4 Å². The molecule has 0 N–H and O–H groups in total. The van der Waals surface area contributed by atoms with Crippen LogP contribution in [0.4, 0.5) is 4.39 Å². The number of hydrogen-bond acceptors (Lipinski definition) is 4. The Morgan fingerprint density at radius 2 is 1.74 bits per heavy atom. The van der Waals surface area contributed by atoms with Gasteiger partial charge >= 0.3 is 5.69 Å². The number of aromatic nitrogens is 6. The molecule has 0 unspecified atom stereocenters. The zero-order valence-electron chi connectivity index (χ0n) is 19.2. The first kappa shape index (κ1) is 23.9. The van der Waals surface area contributed by atoms with Crippen molar-refractivity contribution >= 4 is 33.8 Å². The molecule has 0 saturated carbocycles. The van der Waals surface area contributed by atoms with Crippen molar-refractivity contribution in [1.29, 1.82) is 0 Å². The van der Waals surface area contributed by atoms with Gasteiger partial charge in [-0.1, -0.05) is 25.7 Å². The van der Waals surface area contributed by atoms with Gasteiger partial charge in [-0.2, -0.15) is 5.10 Å². The fourth-order valence-electron chi connectivity index (χ4n) is 3.83. The summed E-state index contributed by atoms with van der Waals surface area (Å²) in [6.45, 7) is 5.09. The maximum atomic E-state index is 13.2. The molecule has 0 aliphatic heterocycles. The Balaban J connectivity index is 1.77. The molecule has 34 heavy (non-hydrogen) atoms. The lowest BCUT2D eigenvalue weighted by Gasteiger charge is -2.10. The SMILES string of the molecule is CCCn1c(=O)c2c(nc(-c3cn(CC#Cc4ccc(F)cc4)nc3I)n2C)n(CCC)c1=O. The van der Waals surface area contributed by atoms with Crippen molar-refractivity contribution in [2.75, 3.05) is 0 Å². The van der Waals surface area contributed by atoms with Crippen LogP contribution in [-0.2, 0) is 26.7 Å². The first-order chi connectivity index (χ1) is 16.3. The molecule has 4 aromatic rings. The highest BCUT2D eigenvalue weighted by molar-refractivity contribution is 14.1. The number of halogens is 2.